The highest BCUT2D eigenvalue weighted by atomic mass is 32.2. The second-order valence-electron chi connectivity index (χ2n) is 5.66. The Morgan fingerprint density at radius 1 is 1.12 bits per heavy atom. The molecule has 2 rings (SSSR count). The van der Waals surface area contributed by atoms with E-state index >= 15 is 0 Å². The van der Waals surface area contributed by atoms with Crippen LogP contribution in [0.5, 0.6) is 5.75 Å². The van der Waals surface area contributed by atoms with Gasteiger partial charge in [-0.05, 0) is 49.7 Å². The number of ether oxygens (including phenoxy) is 2. The molecule has 0 amide bonds. The molecule has 0 aliphatic heterocycles. The molecule has 0 heterocycles. The lowest BCUT2D eigenvalue weighted by Crippen LogP contribution is -2.23. The van der Waals surface area contributed by atoms with Crippen molar-refractivity contribution in [2.24, 2.45) is 0 Å². The van der Waals surface area contributed by atoms with E-state index in [0.717, 1.165) is 5.56 Å². The van der Waals surface area contributed by atoms with Crippen molar-refractivity contribution in [2.45, 2.75) is 31.4 Å². The summed E-state index contributed by atoms with van der Waals surface area (Å²) in [5.41, 5.74) is 0.948. The van der Waals surface area contributed by atoms with Crippen LogP contribution in [0.25, 0.3) is 0 Å². The number of esters is 1. The molecule has 6 nitrogen and oxygen atoms in total. The van der Waals surface area contributed by atoms with Crippen LogP contribution in [-0.4, -0.2) is 27.6 Å². The number of hydrogen-bond donors (Lipinski definition) is 1. The van der Waals surface area contributed by atoms with Gasteiger partial charge in [0.15, 0.2) is 0 Å². The van der Waals surface area contributed by atoms with Gasteiger partial charge in [-0.15, -0.1) is 0 Å². The predicted molar refractivity (Wildman–Crippen MR) is 94.0 cm³/mol. The average Bonchev–Trinajstić information content (AvgIpc) is 2.59. The number of carbonyl (C=O) groups excluding carboxylic acids is 1. The number of nitrogens with one attached hydrogen (secondary N) is 1. The standard InChI is InChI=1S/C18H21NO5S/c1-13(2)24-16-8-4-6-14(10-16)12-19-25(21,22)17-9-5-7-15(11-17)18(20)23-3/h4-11,13,19H,12H2,1-3H3. The quantitative estimate of drug-likeness (QED) is 0.765. The van der Waals surface area contributed by atoms with Gasteiger partial charge < -0.3 is 9.47 Å². The monoisotopic (exact) mass is 363 g/mol. The zero-order valence-corrected chi connectivity index (χ0v) is 15.2. The second-order valence-corrected chi connectivity index (χ2v) is 7.42. The van der Waals surface area contributed by atoms with Gasteiger partial charge >= 0.3 is 5.97 Å². The summed E-state index contributed by atoms with van der Waals surface area (Å²) in [6.45, 7) is 3.95. The van der Waals surface area contributed by atoms with Gasteiger partial charge in [-0.3, -0.25) is 0 Å². The third-order valence-corrected chi connectivity index (χ3v) is 4.70. The third kappa shape index (κ3) is 5.30. The summed E-state index contributed by atoms with van der Waals surface area (Å²) in [5.74, 6) is 0.0926. The van der Waals surface area contributed by atoms with E-state index in [0.29, 0.717) is 5.75 Å². The first-order chi connectivity index (χ1) is 11.8. The van der Waals surface area contributed by atoms with Crippen molar-refractivity contribution >= 4 is 16.0 Å². The summed E-state index contributed by atoms with van der Waals surface area (Å²) >= 11 is 0. The van der Waals surface area contributed by atoms with E-state index in [9.17, 15) is 13.2 Å². The molecule has 1 N–H and O–H groups in total. The topological polar surface area (TPSA) is 81.7 Å². The SMILES string of the molecule is COC(=O)c1cccc(S(=O)(=O)NCc2cccc(OC(C)C)c2)c1. The Morgan fingerprint density at radius 3 is 2.52 bits per heavy atom. The van der Waals surface area contributed by atoms with Gasteiger partial charge in [0.1, 0.15) is 5.75 Å². The maximum atomic E-state index is 12.4. The molecule has 25 heavy (non-hydrogen) atoms. The molecular formula is C18H21NO5S. The normalized spacial score (nSPS) is 11.4. The number of benzene rings is 2. The van der Waals surface area contributed by atoms with Gasteiger partial charge in [0.2, 0.25) is 10.0 Å². The van der Waals surface area contributed by atoms with Crippen LogP contribution >= 0.6 is 0 Å². The molecule has 0 saturated heterocycles. The van der Waals surface area contributed by atoms with Gasteiger partial charge in [0.25, 0.3) is 0 Å². The first kappa shape index (κ1) is 19.0. The molecule has 0 bridgehead atoms. The molecule has 0 spiro atoms. The molecule has 2 aromatic rings. The van der Waals surface area contributed by atoms with Crippen LogP contribution in [0.1, 0.15) is 29.8 Å². The number of hydrogen-bond acceptors (Lipinski definition) is 5. The molecule has 0 aliphatic rings. The van der Waals surface area contributed by atoms with Crippen LogP contribution in [0.3, 0.4) is 0 Å². The molecule has 2 aromatic carbocycles. The van der Waals surface area contributed by atoms with Crippen molar-refractivity contribution in [1.82, 2.24) is 4.72 Å². The molecule has 0 atom stereocenters. The second kappa shape index (κ2) is 8.13. The average molecular weight is 363 g/mol. The summed E-state index contributed by atoms with van der Waals surface area (Å²) in [6.07, 6.45) is 0.0352. The van der Waals surface area contributed by atoms with E-state index in [1.165, 1.54) is 31.4 Å². The largest absolute Gasteiger partial charge is 0.491 e. The summed E-state index contributed by atoms with van der Waals surface area (Å²) in [5, 5.41) is 0. The Morgan fingerprint density at radius 2 is 1.84 bits per heavy atom. The van der Waals surface area contributed by atoms with Gasteiger partial charge in [0.05, 0.1) is 23.7 Å². The van der Waals surface area contributed by atoms with Crippen LogP contribution in [0.15, 0.2) is 53.4 Å². The molecular weight excluding hydrogens is 342 g/mol. The molecule has 134 valence electrons. The fraction of sp³-hybridized carbons (Fsp3) is 0.278. The molecule has 0 aromatic heterocycles. The van der Waals surface area contributed by atoms with Crippen LogP contribution in [0.2, 0.25) is 0 Å². The number of carbonyl (C=O) groups is 1. The van der Waals surface area contributed by atoms with Gasteiger partial charge in [-0.2, -0.15) is 0 Å². The molecule has 0 aliphatic carbocycles. The van der Waals surface area contributed by atoms with Crippen molar-refractivity contribution in [2.75, 3.05) is 7.11 Å². The first-order valence-electron chi connectivity index (χ1n) is 7.75. The van der Waals surface area contributed by atoms with E-state index in [1.54, 1.807) is 18.2 Å². The van der Waals surface area contributed by atoms with E-state index in [2.05, 4.69) is 9.46 Å². The summed E-state index contributed by atoms with van der Waals surface area (Å²) in [6, 6.07) is 12.9. The minimum Gasteiger partial charge on any atom is -0.491 e. The number of rotatable bonds is 7. The molecule has 0 unspecified atom stereocenters. The predicted octanol–water partition coefficient (Wildman–Crippen LogP) is 2.74. The molecule has 7 heteroatoms. The third-order valence-electron chi connectivity index (χ3n) is 3.30. The Labute approximate surface area is 147 Å². The highest BCUT2D eigenvalue weighted by molar-refractivity contribution is 7.89. The lowest BCUT2D eigenvalue weighted by Gasteiger charge is -2.12. The lowest BCUT2D eigenvalue weighted by molar-refractivity contribution is 0.0600. The smallest absolute Gasteiger partial charge is 0.337 e. The minimum absolute atomic E-state index is 0.00462. The Balaban J connectivity index is 2.13. The van der Waals surface area contributed by atoms with Crippen molar-refractivity contribution in [3.05, 3.63) is 59.7 Å². The highest BCUT2D eigenvalue weighted by Gasteiger charge is 2.16. The van der Waals surface area contributed by atoms with E-state index in [-0.39, 0.29) is 23.1 Å². The van der Waals surface area contributed by atoms with Crippen LogP contribution in [-0.2, 0) is 21.3 Å². The van der Waals surface area contributed by atoms with E-state index < -0.39 is 16.0 Å². The fourth-order valence-corrected chi connectivity index (χ4v) is 3.23. The van der Waals surface area contributed by atoms with Gasteiger partial charge in [-0.1, -0.05) is 18.2 Å². The van der Waals surface area contributed by atoms with Gasteiger partial charge in [0, 0.05) is 6.54 Å². The lowest BCUT2D eigenvalue weighted by atomic mass is 10.2. The zero-order chi connectivity index (χ0) is 18.4. The maximum Gasteiger partial charge on any atom is 0.337 e. The van der Waals surface area contributed by atoms with Crippen LogP contribution in [0, 0.1) is 0 Å². The van der Waals surface area contributed by atoms with Crippen LogP contribution < -0.4 is 9.46 Å². The first-order valence-corrected chi connectivity index (χ1v) is 9.24. The Bertz CT molecular complexity index is 846. The fourth-order valence-electron chi connectivity index (χ4n) is 2.17. The van der Waals surface area contributed by atoms with Crippen LogP contribution in [0.4, 0.5) is 0 Å². The van der Waals surface area contributed by atoms with Crippen molar-refractivity contribution in [3.63, 3.8) is 0 Å². The molecule has 0 saturated carbocycles. The Hall–Kier alpha value is -2.38. The summed E-state index contributed by atoms with van der Waals surface area (Å²) in [7, 11) is -2.51. The van der Waals surface area contributed by atoms with Crippen molar-refractivity contribution in [1.29, 1.82) is 0 Å². The number of sulfonamides is 1. The van der Waals surface area contributed by atoms with E-state index in [1.807, 2.05) is 19.9 Å². The Kier molecular flexibility index (Phi) is 6.17. The maximum absolute atomic E-state index is 12.4. The number of methoxy groups -OCH3 is 1. The van der Waals surface area contributed by atoms with E-state index in [4.69, 9.17) is 4.74 Å². The highest BCUT2D eigenvalue weighted by Crippen LogP contribution is 2.16. The van der Waals surface area contributed by atoms with Crippen molar-refractivity contribution < 1.29 is 22.7 Å². The van der Waals surface area contributed by atoms with Gasteiger partial charge in [-0.25, -0.2) is 17.9 Å². The molecule has 0 fully saturated rings. The van der Waals surface area contributed by atoms with Crippen molar-refractivity contribution in [3.8, 4) is 5.75 Å². The zero-order valence-electron chi connectivity index (χ0n) is 14.4. The minimum atomic E-state index is -3.76. The molecule has 0 radical (unpaired) electrons. The summed E-state index contributed by atoms with van der Waals surface area (Å²) in [4.78, 5) is 11.6. The summed E-state index contributed by atoms with van der Waals surface area (Å²) < 4.78 is 37.6.